The molecule has 3 nitrogen and oxygen atoms in total. The molecule has 0 radical (unpaired) electrons. The third-order valence-electron chi connectivity index (χ3n) is 4.90. The first kappa shape index (κ1) is 19.2. The van der Waals surface area contributed by atoms with Crippen molar-refractivity contribution in [3.8, 4) is 5.75 Å². The Morgan fingerprint density at radius 3 is 2.39 bits per heavy atom. The molecule has 0 spiro atoms. The second kappa shape index (κ2) is 8.48. The number of hydrogen-bond donors (Lipinski definition) is 1. The van der Waals surface area contributed by atoms with Gasteiger partial charge < -0.3 is 4.74 Å². The monoisotopic (exact) mass is 454 g/mol. The molecule has 0 saturated heterocycles. The molecule has 28 heavy (non-hydrogen) atoms. The minimum absolute atomic E-state index is 0.132. The number of methoxy groups -OCH3 is 1. The van der Waals surface area contributed by atoms with Crippen molar-refractivity contribution in [3.63, 3.8) is 0 Å². The van der Waals surface area contributed by atoms with Gasteiger partial charge in [-0.15, -0.1) is 0 Å². The topological polar surface area (TPSA) is 33.6 Å². The summed E-state index contributed by atoms with van der Waals surface area (Å²) >= 11 is 9.65. The molecule has 0 aliphatic carbocycles. The molecule has 3 aromatic rings. The van der Waals surface area contributed by atoms with Crippen molar-refractivity contribution in [1.29, 1.82) is 0 Å². The molecule has 0 amide bonds. The minimum atomic E-state index is -0.132. The summed E-state index contributed by atoms with van der Waals surface area (Å²) in [6, 6.07) is 24.5. The zero-order valence-electron chi connectivity index (χ0n) is 15.4. The van der Waals surface area contributed by atoms with E-state index in [2.05, 4.69) is 45.5 Å². The van der Waals surface area contributed by atoms with E-state index in [0.29, 0.717) is 0 Å². The molecule has 5 heteroatoms. The van der Waals surface area contributed by atoms with Crippen molar-refractivity contribution < 1.29 is 4.74 Å². The highest BCUT2D eigenvalue weighted by molar-refractivity contribution is 9.10. The molecule has 0 fully saturated rings. The van der Waals surface area contributed by atoms with E-state index in [1.807, 2.05) is 48.5 Å². The average Bonchev–Trinajstić information content (AvgIpc) is 2.74. The lowest BCUT2D eigenvalue weighted by atomic mass is 9.94. The van der Waals surface area contributed by atoms with Crippen LogP contribution in [0.2, 0.25) is 5.02 Å². The third-order valence-corrected chi connectivity index (χ3v) is 5.65. The van der Waals surface area contributed by atoms with Crippen molar-refractivity contribution in [2.75, 3.05) is 7.11 Å². The van der Waals surface area contributed by atoms with E-state index < -0.39 is 0 Å². The molecule has 0 bridgehead atoms. The van der Waals surface area contributed by atoms with Gasteiger partial charge in [0.25, 0.3) is 0 Å². The zero-order chi connectivity index (χ0) is 19.5. The number of rotatable bonds is 4. The van der Waals surface area contributed by atoms with Gasteiger partial charge in [-0.1, -0.05) is 63.9 Å². The van der Waals surface area contributed by atoms with Gasteiger partial charge in [-0.2, -0.15) is 0 Å². The molecule has 0 aromatic heterocycles. The van der Waals surface area contributed by atoms with Crippen LogP contribution in [-0.2, 0) is 0 Å². The van der Waals surface area contributed by atoms with Crippen molar-refractivity contribution in [2.24, 2.45) is 4.99 Å². The van der Waals surface area contributed by atoms with Gasteiger partial charge in [0, 0.05) is 27.7 Å². The molecule has 0 saturated carbocycles. The van der Waals surface area contributed by atoms with Crippen LogP contribution in [0.1, 0.15) is 35.3 Å². The average molecular weight is 456 g/mol. The van der Waals surface area contributed by atoms with Crippen LogP contribution in [0.15, 0.2) is 82.3 Å². The quantitative estimate of drug-likeness (QED) is 0.498. The minimum Gasteiger partial charge on any atom is -0.497 e. The Hall–Kier alpha value is -2.14. The van der Waals surface area contributed by atoms with Gasteiger partial charge in [-0.3, -0.25) is 10.3 Å². The first-order valence-corrected chi connectivity index (χ1v) is 10.3. The number of benzene rings is 3. The summed E-state index contributed by atoms with van der Waals surface area (Å²) in [5, 5.41) is 4.40. The highest BCUT2D eigenvalue weighted by Crippen LogP contribution is 2.32. The SMILES string of the molecule is COc1ccc([C@H]2CC(c3cccc(Br)c3)=N[C@H](c3ccc(Cl)cc3)N2)cc1. The number of halogens is 2. The van der Waals surface area contributed by atoms with Gasteiger partial charge in [0.2, 0.25) is 0 Å². The fourth-order valence-corrected chi connectivity index (χ4v) is 3.94. The number of ether oxygens (including phenoxy) is 1. The second-order valence-electron chi connectivity index (χ2n) is 6.74. The zero-order valence-corrected chi connectivity index (χ0v) is 17.7. The van der Waals surface area contributed by atoms with Crippen LogP contribution in [0.25, 0.3) is 0 Å². The van der Waals surface area contributed by atoms with Gasteiger partial charge in [0.1, 0.15) is 11.9 Å². The van der Waals surface area contributed by atoms with E-state index >= 15 is 0 Å². The second-order valence-corrected chi connectivity index (χ2v) is 8.09. The molecule has 3 aromatic carbocycles. The summed E-state index contributed by atoms with van der Waals surface area (Å²) in [6.07, 6.45) is 0.680. The maximum atomic E-state index is 6.07. The predicted molar refractivity (Wildman–Crippen MR) is 118 cm³/mol. The first-order valence-electron chi connectivity index (χ1n) is 9.10. The fourth-order valence-electron chi connectivity index (χ4n) is 3.42. The van der Waals surface area contributed by atoms with Crippen LogP contribution in [0.3, 0.4) is 0 Å². The molecule has 1 N–H and O–H groups in total. The van der Waals surface area contributed by atoms with Crippen molar-refractivity contribution in [3.05, 3.63) is 99.0 Å². The van der Waals surface area contributed by atoms with Crippen molar-refractivity contribution in [2.45, 2.75) is 18.6 Å². The smallest absolute Gasteiger partial charge is 0.126 e. The maximum Gasteiger partial charge on any atom is 0.126 e. The molecule has 2 atom stereocenters. The highest BCUT2D eigenvalue weighted by Gasteiger charge is 2.26. The first-order chi connectivity index (χ1) is 13.6. The molecular formula is C23H20BrClN2O. The number of nitrogens with one attached hydrogen (secondary N) is 1. The van der Waals surface area contributed by atoms with Crippen molar-refractivity contribution >= 4 is 33.2 Å². The summed E-state index contributed by atoms with van der Waals surface area (Å²) in [5.74, 6) is 0.856. The van der Waals surface area contributed by atoms with E-state index in [1.165, 1.54) is 5.56 Å². The van der Waals surface area contributed by atoms with Gasteiger partial charge in [-0.05, 0) is 53.1 Å². The molecule has 0 unspecified atom stereocenters. The van der Waals surface area contributed by atoms with Crippen LogP contribution >= 0.6 is 27.5 Å². The summed E-state index contributed by atoms with van der Waals surface area (Å²) in [6.45, 7) is 0. The van der Waals surface area contributed by atoms with E-state index in [9.17, 15) is 0 Å². The number of nitrogens with zero attached hydrogens (tertiary/aromatic N) is 1. The van der Waals surface area contributed by atoms with E-state index in [4.69, 9.17) is 21.3 Å². The van der Waals surface area contributed by atoms with Crippen LogP contribution in [0.5, 0.6) is 5.75 Å². The highest BCUT2D eigenvalue weighted by atomic mass is 79.9. The predicted octanol–water partition coefficient (Wildman–Crippen LogP) is 6.33. The lowest BCUT2D eigenvalue weighted by Crippen LogP contribution is -2.33. The van der Waals surface area contributed by atoms with Crippen LogP contribution in [0, 0.1) is 0 Å². The Morgan fingerprint density at radius 1 is 1.00 bits per heavy atom. The number of hydrogen-bond acceptors (Lipinski definition) is 3. The molecule has 4 rings (SSSR count). The fraction of sp³-hybridized carbons (Fsp3) is 0.174. The largest absolute Gasteiger partial charge is 0.497 e. The normalized spacial score (nSPS) is 19.2. The maximum absolute atomic E-state index is 6.07. The van der Waals surface area contributed by atoms with E-state index in [0.717, 1.165) is 38.5 Å². The lowest BCUT2D eigenvalue weighted by molar-refractivity contribution is 0.413. The molecule has 1 heterocycles. The molecule has 1 aliphatic rings. The van der Waals surface area contributed by atoms with Gasteiger partial charge in [0.15, 0.2) is 0 Å². The molecule has 142 valence electrons. The Balaban J connectivity index is 1.71. The summed E-state index contributed by atoms with van der Waals surface area (Å²) in [4.78, 5) is 5.02. The van der Waals surface area contributed by atoms with Crippen LogP contribution in [0.4, 0.5) is 0 Å². The van der Waals surface area contributed by atoms with Crippen LogP contribution in [-0.4, -0.2) is 12.8 Å². The third kappa shape index (κ3) is 4.30. The van der Waals surface area contributed by atoms with Gasteiger partial charge in [-0.25, -0.2) is 0 Å². The Kier molecular flexibility index (Phi) is 5.81. The standard InChI is InChI=1S/C23H20BrClN2O/c1-28-20-11-7-15(8-12-20)21-14-22(17-3-2-4-18(24)13-17)27-23(26-21)16-5-9-19(25)10-6-16/h2-13,21,23,26H,14H2,1H3/t21-,23-/m1/s1. The Morgan fingerprint density at radius 2 is 1.71 bits per heavy atom. The Bertz CT molecular complexity index is 986. The summed E-state index contributed by atoms with van der Waals surface area (Å²) in [7, 11) is 1.68. The van der Waals surface area contributed by atoms with Crippen LogP contribution < -0.4 is 10.1 Å². The van der Waals surface area contributed by atoms with E-state index in [1.54, 1.807) is 7.11 Å². The van der Waals surface area contributed by atoms with Gasteiger partial charge in [0.05, 0.1) is 7.11 Å². The number of aliphatic imine (C=N–C) groups is 1. The summed E-state index contributed by atoms with van der Waals surface area (Å²) in [5.41, 5.74) is 4.52. The summed E-state index contributed by atoms with van der Waals surface area (Å²) < 4.78 is 6.35. The molecule has 1 aliphatic heterocycles. The molecular weight excluding hydrogens is 436 g/mol. The van der Waals surface area contributed by atoms with Gasteiger partial charge >= 0.3 is 0 Å². The Labute approximate surface area is 178 Å². The van der Waals surface area contributed by atoms with E-state index in [-0.39, 0.29) is 12.2 Å². The van der Waals surface area contributed by atoms with Crippen molar-refractivity contribution in [1.82, 2.24) is 5.32 Å². The lowest BCUT2D eigenvalue weighted by Gasteiger charge is -2.30.